The second kappa shape index (κ2) is 2.39. The van der Waals surface area contributed by atoms with Gasteiger partial charge in [0.2, 0.25) is 5.49 Å². The van der Waals surface area contributed by atoms with Crippen LogP contribution in [0.5, 0.6) is 0 Å². The minimum atomic E-state index is -4.44. The Morgan fingerprint density at radius 2 is 1.75 bits per heavy atom. The van der Waals surface area contributed by atoms with Gasteiger partial charge in [0, 0.05) is 0 Å². The van der Waals surface area contributed by atoms with Crippen molar-refractivity contribution < 1.29 is 22.1 Å². The third kappa shape index (κ3) is 5.81. The summed E-state index contributed by atoms with van der Waals surface area (Å²) in [5, 5.41) is 0. The first-order valence-corrected chi connectivity index (χ1v) is 4.12. The van der Waals surface area contributed by atoms with Crippen LogP contribution < -0.4 is 0 Å². The highest BCUT2D eigenvalue weighted by atomic mass is 32.2. The van der Waals surface area contributed by atoms with E-state index in [1.165, 1.54) is 0 Å². The van der Waals surface area contributed by atoms with Crippen LogP contribution in [0.1, 0.15) is 0 Å². The lowest BCUT2D eigenvalue weighted by Gasteiger charge is -1.77. The van der Waals surface area contributed by atoms with Crippen LogP contribution in [-0.2, 0) is 19.2 Å². The van der Waals surface area contributed by atoms with E-state index < -0.39 is 17.8 Å². The fourth-order valence-corrected chi connectivity index (χ4v) is 0.979. The molecule has 5 nitrogen and oxygen atoms in total. The lowest BCUT2D eigenvalue weighted by molar-refractivity contribution is 0.489. The molecule has 0 bridgehead atoms. The molecule has 0 amide bonds. The molecule has 0 saturated carbocycles. The van der Waals surface area contributed by atoms with Gasteiger partial charge in [-0.05, 0) is 0 Å². The molecule has 7 heteroatoms. The average molecular weight is 157 g/mol. The van der Waals surface area contributed by atoms with Crippen LogP contribution in [0.15, 0.2) is 0 Å². The Morgan fingerprint density at radius 3 is 1.75 bits per heavy atom. The minimum absolute atomic E-state index is 0.164. The van der Waals surface area contributed by atoms with E-state index in [9.17, 15) is 17.5 Å². The highest BCUT2D eigenvalue weighted by Gasteiger charge is 2.08. The molecule has 0 heterocycles. The Kier molecular flexibility index (Phi) is 2.33. The van der Waals surface area contributed by atoms with Gasteiger partial charge in [-0.1, -0.05) is 0 Å². The molecule has 0 rings (SSSR count). The summed E-state index contributed by atoms with van der Waals surface area (Å²) < 4.78 is 45.8. The first-order chi connectivity index (χ1) is 3.42. The molecule has 0 aromatic heterocycles. The van der Waals surface area contributed by atoms with E-state index in [0.717, 1.165) is 0 Å². The van der Waals surface area contributed by atoms with Crippen molar-refractivity contribution in [3.63, 3.8) is 0 Å². The average Bonchev–Trinajstić information content (AvgIpc) is 1.21. The van der Waals surface area contributed by atoms with Crippen molar-refractivity contribution in [1.82, 2.24) is 0 Å². The summed E-state index contributed by atoms with van der Waals surface area (Å²) in [6.45, 7) is 0. The highest BCUT2D eigenvalue weighted by molar-refractivity contribution is 7.93. The van der Waals surface area contributed by atoms with Gasteiger partial charge < -0.3 is 0 Å². The van der Waals surface area contributed by atoms with Crippen LogP contribution >= 0.6 is 7.68 Å². The summed E-state index contributed by atoms with van der Waals surface area (Å²) in [4.78, 5) is 0. The van der Waals surface area contributed by atoms with Crippen LogP contribution in [0.3, 0.4) is 0 Å². The van der Waals surface area contributed by atoms with Gasteiger partial charge in [-0.15, -0.1) is 0 Å². The quantitative estimate of drug-likeness (QED) is 0.455. The van der Waals surface area contributed by atoms with Gasteiger partial charge in [0.1, 0.15) is 0 Å². The molecule has 0 spiro atoms. The van der Waals surface area contributed by atoms with Gasteiger partial charge in [0.05, 0.1) is 0 Å². The van der Waals surface area contributed by atoms with Crippen molar-refractivity contribution in [2.24, 2.45) is 0 Å². The Hall–Kier alpha value is -0.190. The van der Waals surface area contributed by atoms with Crippen molar-refractivity contribution in [3.8, 4) is 0 Å². The van der Waals surface area contributed by atoms with Crippen LogP contribution in [0.4, 0.5) is 0 Å². The summed E-state index contributed by atoms with van der Waals surface area (Å²) in [5.74, 6) is 0. The van der Waals surface area contributed by atoms with E-state index in [1.54, 1.807) is 0 Å². The lowest BCUT2D eigenvalue weighted by Crippen LogP contribution is -1.91. The van der Waals surface area contributed by atoms with Crippen molar-refractivity contribution in [2.45, 2.75) is 0 Å². The van der Waals surface area contributed by atoms with Crippen molar-refractivity contribution >= 4 is 17.8 Å². The topological polar surface area (TPSA) is 88.5 Å². The van der Waals surface area contributed by atoms with E-state index in [2.05, 4.69) is 0 Å². The summed E-state index contributed by atoms with van der Waals surface area (Å²) in [6.07, 6.45) is 0. The van der Waals surface area contributed by atoms with E-state index >= 15 is 0 Å². The largest absolute Gasteiger partial charge is 0.339 e. The number of hydrogen-bond donors (Lipinski definition) is 1. The maximum atomic E-state index is 9.56. The molecule has 0 aromatic carbocycles. The smallest absolute Gasteiger partial charge is 0.285 e. The Balaban J connectivity index is 4.16. The molecule has 0 aliphatic heterocycles. The van der Waals surface area contributed by atoms with Gasteiger partial charge in [0.15, 0.2) is 0 Å². The van der Waals surface area contributed by atoms with E-state index in [-0.39, 0.29) is 5.49 Å². The molecule has 0 fully saturated rings. The lowest BCUT2D eigenvalue weighted by atomic mass is 11.9. The van der Waals surface area contributed by atoms with Crippen molar-refractivity contribution in [3.05, 3.63) is 5.49 Å². The summed E-state index contributed by atoms with van der Waals surface area (Å²) in [7, 11) is -7.60. The third-order valence-corrected chi connectivity index (χ3v) is 1.97. The zero-order valence-electron chi connectivity index (χ0n) is 3.51. The monoisotopic (exact) mass is 157 g/mol. The standard InChI is InChI=1S/CH2O5PS/c2-7(3)1-8(4,5)6/h1H,(H,4,5,6). The molecule has 0 aliphatic rings. The second-order valence-corrected chi connectivity index (χ2v) is 3.35. The van der Waals surface area contributed by atoms with Crippen LogP contribution in [-0.4, -0.2) is 13.0 Å². The second-order valence-electron chi connectivity index (χ2n) is 0.906. The van der Waals surface area contributed by atoms with Crippen LogP contribution in [0.25, 0.3) is 0 Å². The maximum absolute atomic E-state index is 9.56. The maximum Gasteiger partial charge on any atom is 0.339 e. The SMILES string of the molecule is O=P(=O)[CH]S(=O)(=O)O. The molecular weight excluding hydrogens is 155 g/mol. The van der Waals surface area contributed by atoms with Crippen LogP contribution in [0.2, 0.25) is 0 Å². The predicted molar refractivity (Wildman–Crippen MR) is 24.1 cm³/mol. The van der Waals surface area contributed by atoms with Crippen molar-refractivity contribution in [1.29, 1.82) is 0 Å². The molecule has 0 saturated heterocycles. The third-order valence-electron chi connectivity index (χ3n) is 0.219. The van der Waals surface area contributed by atoms with Gasteiger partial charge in [-0.2, -0.15) is 8.42 Å². The zero-order chi connectivity index (χ0) is 6.78. The van der Waals surface area contributed by atoms with E-state index in [4.69, 9.17) is 4.55 Å². The van der Waals surface area contributed by atoms with Crippen LogP contribution in [0, 0.1) is 5.49 Å². The van der Waals surface area contributed by atoms with Gasteiger partial charge in [0.25, 0.3) is 10.1 Å². The first-order valence-electron chi connectivity index (χ1n) is 1.37. The van der Waals surface area contributed by atoms with E-state index in [1.807, 2.05) is 0 Å². The molecule has 1 radical (unpaired) electrons. The molecule has 0 unspecified atom stereocenters. The molecule has 1 N–H and O–H groups in total. The van der Waals surface area contributed by atoms with E-state index in [0.29, 0.717) is 0 Å². The molecular formula is CH2O5PS. The summed E-state index contributed by atoms with van der Waals surface area (Å²) >= 11 is 0. The molecule has 0 aromatic rings. The number of rotatable bonds is 2. The Morgan fingerprint density at radius 1 is 1.38 bits per heavy atom. The predicted octanol–water partition coefficient (Wildman–Crippen LogP) is 0.166. The summed E-state index contributed by atoms with van der Waals surface area (Å²) in [6, 6.07) is 0. The van der Waals surface area contributed by atoms with Gasteiger partial charge in [-0.25, -0.2) is 9.13 Å². The minimum Gasteiger partial charge on any atom is -0.285 e. The highest BCUT2D eigenvalue weighted by Crippen LogP contribution is 2.11. The fraction of sp³-hybridized carbons (Fsp3) is 0. The fourth-order valence-electron chi connectivity index (χ4n) is 0.109. The zero-order valence-corrected chi connectivity index (χ0v) is 5.22. The Labute approximate surface area is 46.3 Å². The molecule has 0 aliphatic carbocycles. The number of hydrogen-bond acceptors (Lipinski definition) is 4. The Bertz CT molecular complexity index is 213. The van der Waals surface area contributed by atoms with Crippen molar-refractivity contribution in [2.75, 3.05) is 0 Å². The first kappa shape index (κ1) is 7.81. The molecule has 47 valence electrons. The normalized spacial score (nSPS) is 11.1. The summed E-state index contributed by atoms with van der Waals surface area (Å²) in [5.41, 5.74) is -0.164. The molecule has 0 atom stereocenters. The van der Waals surface area contributed by atoms with Gasteiger partial charge in [-0.3, -0.25) is 4.55 Å². The molecule has 8 heavy (non-hydrogen) atoms. The van der Waals surface area contributed by atoms with Gasteiger partial charge >= 0.3 is 7.68 Å².